The summed E-state index contributed by atoms with van der Waals surface area (Å²) in [6.07, 6.45) is 6.26. The van der Waals surface area contributed by atoms with Gasteiger partial charge in [-0.05, 0) is 30.4 Å². The smallest absolute Gasteiger partial charge is 0.306 e. The molecule has 1 aliphatic carbocycles. The van der Waals surface area contributed by atoms with Crippen molar-refractivity contribution in [3.8, 4) is 5.75 Å². The van der Waals surface area contributed by atoms with Gasteiger partial charge in [0.1, 0.15) is 5.75 Å². The summed E-state index contributed by atoms with van der Waals surface area (Å²) in [5.74, 6) is 0.410. The summed E-state index contributed by atoms with van der Waals surface area (Å²) in [5, 5.41) is 9.42. The first-order chi connectivity index (χ1) is 9.20. The first-order valence-corrected chi connectivity index (χ1v) is 7.05. The summed E-state index contributed by atoms with van der Waals surface area (Å²) in [7, 11) is 1.63. The maximum Gasteiger partial charge on any atom is 0.306 e. The predicted octanol–water partition coefficient (Wildman–Crippen LogP) is 3.52. The van der Waals surface area contributed by atoms with Crippen LogP contribution in [0.15, 0.2) is 24.3 Å². The molecule has 3 heteroatoms. The van der Waals surface area contributed by atoms with Gasteiger partial charge in [-0.25, -0.2) is 0 Å². The normalized spacial score (nSPS) is 17.3. The fourth-order valence-corrected chi connectivity index (χ4v) is 3.06. The summed E-state index contributed by atoms with van der Waals surface area (Å²) in [6.45, 7) is 0. The number of para-hydroxylation sites is 1. The van der Waals surface area contributed by atoms with Crippen molar-refractivity contribution in [1.29, 1.82) is 0 Å². The third-order valence-corrected chi connectivity index (χ3v) is 4.10. The molecule has 0 heterocycles. The number of benzene rings is 1. The van der Waals surface area contributed by atoms with Gasteiger partial charge in [-0.2, -0.15) is 0 Å². The Morgan fingerprint density at radius 1 is 1.37 bits per heavy atom. The van der Waals surface area contributed by atoms with Crippen molar-refractivity contribution in [3.05, 3.63) is 29.8 Å². The second-order valence-electron chi connectivity index (χ2n) is 5.44. The summed E-state index contributed by atoms with van der Waals surface area (Å²) >= 11 is 0. The fourth-order valence-electron chi connectivity index (χ4n) is 3.06. The number of rotatable bonds is 6. The molecule has 1 unspecified atom stereocenters. The van der Waals surface area contributed by atoms with Crippen LogP contribution in [0.3, 0.4) is 0 Å². The molecule has 0 spiro atoms. The minimum absolute atomic E-state index is 0.292. The molecule has 0 radical (unpaired) electrons. The predicted molar refractivity (Wildman–Crippen MR) is 74.4 cm³/mol. The summed E-state index contributed by atoms with van der Waals surface area (Å²) < 4.78 is 5.30. The van der Waals surface area contributed by atoms with Gasteiger partial charge in [0.2, 0.25) is 0 Å². The van der Waals surface area contributed by atoms with Crippen molar-refractivity contribution < 1.29 is 14.6 Å². The SMILES string of the molecule is COc1ccccc1CC(CC1CCCC1)C(=O)O. The van der Waals surface area contributed by atoms with Crippen LogP contribution >= 0.6 is 0 Å². The van der Waals surface area contributed by atoms with Crippen molar-refractivity contribution in [3.63, 3.8) is 0 Å². The first kappa shape index (κ1) is 13.9. The Kier molecular flexibility index (Phi) is 4.83. The number of carboxylic acid groups (broad SMARTS) is 1. The fraction of sp³-hybridized carbons (Fsp3) is 0.562. The van der Waals surface area contributed by atoms with E-state index in [9.17, 15) is 9.90 Å². The third-order valence-electron chi connectivity index (χ3n) is 4.10. The van der Waals surface area contributed by atoms with E-state index in [4.69, 9.17) is 4.74 Å². The molecule has 0 amide bonds. The number of carbonyl (C=O) groups is 1. The molecule has 0 bridgehead atoms. The van der Waals surface area contributed by atoms with Gasteiger partial charge in [0, 0.05) is 0 Å². The second kappa shape index (κ2) is 6.60. The molecule has 1 saturated carbocycles. The van der Waals surface area contributed by atoms with E-state index >= 15 is 0 Å². The Bertz CT molecular complexity index is 422. The van der Waals surface area contributed by atoms with Crippen molar-refractivity contribution in [2.24, 2.45) is 11.8 Å². The van der Waals surface area contributed by atoms with Gasteiger partial charge in [0.25, 0.3) is 0 Å². The highest BCUT2D eigenvalue weighted by molar-refractivity contribution is 5.70. The quantitative estimate of drug-likeness (QED) is 0.853. The number of ether oxygens (including phenoxy) is 1. The van der Waals surface area contributed by atoms with Crippen molar-refractivity contribution >= 4 is 5.97 Å². The number of aliphatic carboxylic acids is 1. The lowest BCUT2D eigenvalue weighted by Gasteiger charge is -2.18. The number of methoxy groups -OCH3 is 1. The molecular formula is C16H22O3. The molecule has 0 aromatic heterocycles. The Labute approximate surface area is 114 Å². The number of carboxylic acids is 1. The minimum Gasteiger partial charge on any atom is -0.496 e. The van der Waals surface area contributed by atoms with Crippen LogP contribution in [0.1, 0.15) is 37.7 Å². The van der Waals surface area contributed by atoms with E-state index in [0.29, 0.717) is 12.3 Å². The molecule has 0 aliphatic heterocycles. The molecule has 1 aromatic rings. The van der Waals surface area contributed by atoms with Crippen molar-refractivity contribution in [2.45, 2.75) is 38.5 Å². The van der Waals surface area contributed by atoms with E-state index in [0.717, 1.165) is 17.7 Å². The van der Waals surface area contributed by atoms with Gasteiger partial charge in [-0.3, -0.25) is 4.79 Å². The highest BCUT2D eigenvalue weighted by atomic mass is 16.5. The second-order valence-corrected chi connectivity index (χ2v) is 5.44. The van der Waals surface area contributed by atoms with Crippen LogP contribution in [0, 0.1) is 11.8 Å². The Morgan fingerprint density at radius 2 is 2.05 bits per heavy atom. The van der Waals surface area contributed by atoms with Crippen LogP contribution < -0.4 is 4.74 Å². The zero-order valence-electron chi connectivity index (χ0n) is 11.5. The lowest BCUT2D eigenvalue weighted by molar-refractivity contribution is -0.142. The van der Waals surface area contributed by atoms with Crippen LogP contribution in [-0.4, -0.2) is 18.2 Å². The number of hydrogen-bond acceptors (Lipinski definition) is 2. The van der Waals surface area contributed by atoms with E-state index in [1.165, 1.54) is 25.7 Å². The van der Waals surface area contributed by atoms with Crippen LogP contribution in [0.2, 0.25) is 0 Å². The van der Waals surface area contributed by atoms with E-state index in [1.807, 2.05) is 24.3 Å². The van der Waals surface area contributed by atoms with Gasteiger partial charge in [0.15, 0.2) is 0 Å². The van der Waals surface area contributed by atoms with Gasteiger partial charge < -0.3 is 9.84 Å². The average molecular weight is 262 g/mol. The maximum atomic E-state index is 11.5. The lowest BCUT2D eigenvalue weighted by atomic mass is 9.88. The van der Waals surface area contributed by atoms with E-state index in [2.05, 4.69) is 0 Å². The summed E-state index contributed by atoms with van der Waals surface area (Å²) in [4.78, 5) is 11.5. The largest absolute Gasteiger partial charge is 0.496 e. The Hall–Kier alpha value is -1.51. The molecule has 19 heavy (non-hydrogen) atoms. The van der Waals surface area contributed by atoms with Crippen LogP contribution in [0.5, 0.6) is 5.75 Å². The molecule has 104 valence electrons. The minimum atomic E-state index is -0.683. The van der Waals surface area contributed by atoms with Gasteiger partial charge in [-0.1, -0.05) is 43.9 Å². The summed E-state index contributed by atoms with van der Waals surface area (Å²) in [5.41, 5.74) is 0.996. The zero-order valence-corrected chi connectivity index (χ0v) is 11.5. The first-order valence-electron chi connectivity index (χ1n) is 7.05. The molecule has 2 rings (SSSR count). The van der Waals surface area contributed by atoms with Crippen molar-refractivity contribution in [2.75, 3.05) is 7.11 Å². The van der Waals surface area contributed by atoms with E-state index < -0.39 is 5.97 Å². The molecule has 3 nitrogen and oxygen atoms in total. The standard InChI is InChI=1S/C16H22O3/c1-19-15-9-5-4-8-13(15)11-14(16(17)18)10-12-6-2-3-7-12/h4-5,8-9,12,14H,2-3,6-7,10-11H2,1H3,(H,17,18). The van der Waals surface area contributed by atoms with Gasteiger partial charge in [0.05, 0.1) is 13.0 Å². The van der Waals surface area contributed by atoms with Gasteiger partial charge in [-0.15, -0.1) is 0 Å². The molecule has 1 N–H and O–H groups in total. The van der Waals surface area contributed by atoms with Gasteiger partial charge >= 0.3 is 5.97 Å². The highest BCUT2D eigenvalue weighted by Crippen LogP contribution is 2.32. The molecule has 1 atom stereocenters. The Morgan fingerprint density at radius 3 is 2.68 bits per heavy atom. The Balaban J connectivity index is 2.05. The third kappa shape index (κ3) is 3.72. The van der Waals surface area contributed by atoms with Crippen molar-refractivity contribution in [1.82, 2.24) is 0 Å². The monoisotopic (exact) mass is 262 g/mol. The zero-order chi connectivity index (χ0) is 13.7. The molecule has 1 aliphatic rings. The van der Waals surface area contributed by atoms with Crippen LogP contribution in [0.4, 0.5) is 0 Å². The average Bonchev–Trinajstić information content (AvgIpc) is 2.91. The van der Waals surface area contributed by atoms with E-state index in [1.54, 1.807) is 7.11 Å². The topological polar surface area (TPSA) is 46.5 Å². The summed E-state index contributed by atoms with van der Waals surface area (Å²) in [6, 6.07) is 7.70. The number of hydrogen-bond donors (Lipinski definition) is 1. The van der Waals surface area contributed by atoms with Crippen LogP contribution in [-0.2, 0) is 11.2 Å². The molecular weight excluding hydrogens is 240 g/mol. The molecule has 1 aromatic carbocycles. The van der Waals surface area contributed by atoms with Crippen LogP contribution in [0.25, 0.3) is 0 Å². The van der Waals surface area contributed by atoms with E-state index in [-0.39, 0.29) is 5.92 Å². The highest BCUT2D eigenvalue weighted by Gasteiger charge is 2.25. The maximum absolute atomic E-state index is 11.5. The molecule has 1 fully saturated rings. The lowest BCUT2D eigenvalue weighted by Crippen LogP contribution is -2.19. The molecule has 0 saturated heterocycles.